The number of aromatic amines is 1. The zero-order valence-electron chi connectivity index (χ0n) is 12.6. The molecule has 3 rings (SSSR count). The Labute approximate surface area is 132 Å². The highest BCUT2D eigenvalue weighted by atomic mass is 35.5. The van der Waals surface area contributed by atoms with Gasteiger partial charge in [-0.3, -0.25) is 0 Å². The summed E-state index contributed by atoms with van der Waals surface area (Å²) in [4.78, 5) is 4.90. The fraction of sp³-hybridized carbons (Fsp3) is 0.471. The van der Waals surface area contributed by atoms with E-state index in [1.54, 1.807) is 0 Å². The minimum absolute atomic E-state index is 0. The van der Waals surface area contributed by atoms with Crippen LogP contribution in [0.15, 0.2) is 24.4 Å². The van der Waals surface area contributed by atoms with Crippen molar-refractivity contribution in [3.63, 3.8) is 0 Å². The smallest absolute Gasteiger partial charge is 0.0991 e. The van der Waals surface area contributed by atoms with Crippen LogP contribution in [0.1, 0.15) is 36.3 Å². The van der Waals surface area contributed by atoms with E-state index < -0.39 is 0 Å². The number of hydrogen-bond acceptors (Lipinski definition) is 1. The largest absolute Gasteiger partial charge is 1.00 e. The number of hydrogen-bond donors (Lipinski definition) is 2. The average molecular weight is 304 g/mol. The fourth-order valence-corrected chi connectivity index (χ4v) is 3.73. The number of quaternary nitrogens is 1. The van der Waals surface area contributed by atoms with Gasteiger partial charge >= 0.3 is 0 Å². The maximum atomic E-state index is 9.10. The van der Waals surface area contributed by atoms with Crippen LogP contribution >= 0.6 is 0 Å². The van der Waals surface area contributed by atoms with E-state index in [1.807, 2.05) is 18.2 Å². The van der Waals surface area contributed by atoms with Crippen LogP contribution in [-0.4, -0.2) is 25.6 Å². The summed E-state index contributed by atoms with van der Waals surface area (Å²) in [6, 6.07) is 8.21. The van der Waals surface area contributed by atoms with Gasteiger partial charge in [0, 0.05) is 23.0 Å². The standard InChI is InChI=1S/C17H21N3.ClH/c1-20(2)11-13-4-3-5-14(13)16-10-19-17-7-6-12(9-18)8-15(16)17;/h6-8,10,13-14,19H,3-5,11H2,1-2H3;1H/t13-,14+;/m1./s1. The lowest BCUT2D eigenvalue weighted by Gasteiger charge is -2.20. The van der Waals surface area contributed by atoms with Crippen LogP contribution in [0.2, 0.25) is 0 Å². The summed E-state index contributed by atoms with van der Waals surface area (Å²) in [5.74, 6) is 1.41. The SMILES string of the molecule is C[NH+](C)C[C@H]1CCC[C@@H]1c1c[nH]c2ccc(C#N)cc12.[Cl-]. The van der Waals surface area contributed by atoms with Gasteiger partial charge in [0.1, 0.15) is 0 Å². The molecule has 1 saturated carbocycles. The molecule has 1 aliphatic carbocycles. The Morgan fingerprint density at radius 3 is 2.86 bits per heavy atom. The average Bonchev–Trinajstić information content (AvgIpc) is 3.03. The molecule has 4 heteroatoms. The quantitative estimate of drug-likeness (QED) is 0.756. The third-order valence-electron chi connectivity index (χ3n) is 4.57. The van der Waals surface area contributed by atoms with Gasteiger partial charge in [-0.05, 0) is 42.5 Å². The molecule has 1 aliphatic rings. The van der Waals surface area contributed by atoms with Crippen LogP contribution < -0.4 is 17.3 Å². The summed E-state index contributed by atoms with van der Waals surface area (Å²) >= 11 is 0. The number of H-pyrrole nitrogens is 1. The highest BCUT2D eigenvalue weighted by molar-refractivity contribution is 5.85. The van der Waals surface area contributed by atoms with E-state index in [-0.39, 0.29) is 12.4 Å². The Bertz CT molecular complexity index is 654. The van der Waals surface area contributed by atoms with Gasteiger partial charge in [0.2, 0.25) is 0 Å². The monoisotopic (exact) mass is 303 g/mol. The molecule has 0 bridgehead atoms. The number of nitrogens with one attached hydrogen (secondary N) is 2. The van der Waals surface area contributed by atoms with Gasteiger partial charge in [0.05, 0.1) is 32.3 Å². The maximum Gasteiger partial charge on any atom is 0.0991 e. The molecule has 112 valence electrons. The zero-order chi connectivity index (χ0) is 14.1. The number of nitriles is 1. The van der Waals surface area contributed by atoms with Crippen LogP contribution in [0, 0.1) is 17.2 Å². The molecule has 0 aliphatic heterocycles. The first-order valence-corrected chi connectivity index (χ1v) is 7.49. The molecule has 2 atom stereocenters. The predicted molar refractivity (Wildman–Crippen MR) is 80.8 cm³/mol. The summed E-state index contributed by atoms with van der Waals surface area (Å²) < 4.78 is 0. The van der Waals surface area contributed by atoms with Gasteiger partial charge in [-0.1, -0.05) is 6.42 Å². The Balaban J connectivity index is 0.00000161. The molecule has 0 spiro atoms. The highest BCUT2D eigenvalue weighted by Gasteiger charge is 2.32. The molecule has 0 amide bonds. The second-order valence-electron chi connectivity index (χ2n) is 6.32. The molecule has 2 N–H and O–H groups in total. The van der Waals surface area contributed by atoms with Crippen molar-refractivity contribution in [2.75, 3.05) is 20.6 Å². The number of nitrogens with zero attached hydrogens (tertiary/aromatic N) is 1. The van der Waals surface area contributed by atoms with Crippen molar-refractivity contribution < 1.29 is 17.3 Å². The summed E-state index contributed by atoms with van der Waals surface area (Å²) in [6.07, 6.45) is 6.11. The number of rotatable bonds is 3. The molecule has 2 aromatic rings. The van der Waals surface area contributed by atoms with E-state index in [4.69, 9.17) is 5.26 Å². The first kappa shape index (κ1) is 15.9. The highest BCUT2D eigenvalue weighted by Crippen LogP contribution is 2.41. The van der Waals surface area contributed by atoms with Gasteiger partial charge in [-0.15, -0.1) is 0 Å². The van der Waals surface area contributed by atoms with Crippen molar-refractivity contribution in [1.29, 1.82) is 5.26 Å². The first-order valence-electron chi connectivity index (χ1n) is 7.49. The second-order valence-corrected chi connectivity index (χ2v) is 6.32. The van der Waals surface area contributed by atoms with Gasteiger partial charge in [-0.2, -0.15) is 5.26 Å². The van der Waals surface area contributed by atoms with Crippen LogP contribution in [0.4, 0.5) is 0 Å². The summed E-state index contributed by atoms with van der Waals surface area (Å²) in [6.45, 7) is 1.23. The third-order valence-corrected chi connectivity index (χ3v) is 4.57. The Morgan fingerprint density at radius 1 is 1.33 bits per heavy atom. The van der Waals surface area contributed by atoms with E-state index >= 15 is 0 Å². The summed E-state index contributed by atoms with van der Waals surface area (Å²) in [5, 5.41) is 10.3. The lowest BCUT2D eigenvalue weighted by atomic mass is 9.88. The van der Waals surface area contributed by atoms with Crippen LogP contribution in [0.3, 0.4) is 0 Å². The molecule has 1 aromatic heterocycles. The van der Waals surface area contributed by atoms with Crippen molar-refractivity contribution >= 4 is 10.9 Å². The normalized spacial score (nSPS) is 21.4. The first-order chi connectivity index (χ1) is 9.69. The van der Waals surface area contributed by atoms with E-state index in [1.165, 1.54) is 41.7 Å². The lowest BCUT2D eigenvalue weighted by molar-refractivity contribution is -0.862. The predicted octanol–water partition coefficient (Wildman–Crippen LogP) is -0.928. The molecule has 1 aromatic carbocycles. The molecular formula is C17H22ClN3. The minimum Gasteiger partial charge on any atom is -1.00 e. The Hall–Kier alpha value is -1.50. The van der Waals surface area contributed by atoms with Crippen LogP contribution in [0.25, 0.3) is 10.9 Å². The number of aromatic nitrogens is 1. The molecule has 21 heavy (non-hydrogen) atoms. The molecule has 0 unspecified atom stereocenters. The molecule has 3 nitrogen and oxygen atoms in total. The number of benzene rings is 1. The van der Waals surface area contributed by atoms with Crippen molar-refractivity contribution in [3.05, 3.63) is 35.5 Å². The molecule has 0 saturated heterocycles. The van der Waals surface area contributed by atoms with Crippen molar-refractivity contribution in [2.45, 2.75) is 25.2 Å². The summed E-state index contributed by atoms with van der Waals surface area (Å²) in [7, 11) is 4.47. The maximum absolute atomic E-state index is 9.10. The zero-order valence-corrected chi connectivity index (χ0v) is 13.4. The number of fused-ring (bicyclic) bond motifs is 1. The van der Waals surface area contributed by atoms with Gasteiger partial charge < -0.3 is 22.3 Å². The third kappa shape index (κ3) is 3.07. The Kier molecular flexibility index (Phi) is 4.92. The topological polar surface area (TPSA) is 44.0 Å². The molecule has 1 fully saturated rings. The van der Waals surface area contributed by atoms with Gasteiger partial charge in [0.15, 0.2) is 0 Å². The van der Waals surface area contributed by atoms with Gasteiger partial charge in [-0.25, -0.2) is 0 Å². The summed E-state index contributed by atoms with van der Waals surface area (Å²) in [5.41, 5.74) is 3.33. The Morgan fingerprint density at radius 2 is 2.14 bits per heavy atom. The molecular weight excluding hydrogens is 282 g/mol. The van der Waals surface area contributed by atoms with Crippen LogP contribution in [-0.2, 0) is 0 Å². The van der Waals surface area contributed by atoms with E-state index in [0.717, 1.165) is 17.0 Å². The van der Waals surface area contributed by atoms with Crippen molar-refractivity contribution in [3.8, 4) is 6.07 Å². The minimum atomic E-state index is 0. The van der Waals surface area contributed by atoms with E-state index in [2.05, 4.69) is 31.3 Å². The molecule has 1 heterocycles. The van der Waals surface area contributed by atoms with Crippen molar-refractivity contribution in [2.24, 2.45) is 5.92 Å². The van der Waals surface area contributed by atoms with E-state index in [9.17, 15) is 0 Å². The molecule has 0 radical (unpaired) electrons. The fourth-order valence-electron chi connectivity index (χ4n) is 3.73. The van der Waals surface area contributed by atoms with Gasteiger partial charge in [0.25, 0.3) is 0 Å². The lowest BCUT2D eigenvalue weighted by Crippen LogP contribution is -3.06. The van der Waals surface area contributed by atoms with Crippen molar-refractivity contribution in [1.82, 2.24) is 4.98 Å². The van der Waals surface area contributed by atoms with E-state index in [0.29, 0.717) is 5.92 Å². The number of halogens is 1. The van der Waals surface area contributed by atoms with Crippen LogP contribution in [0.5, 0.6) is 0 Å². The second kappa shape index (κ2) is 6.51.